The second-order valence-corrected chi connectivity index (χ2v) is 2.40. The number of para-hydroxylation sites is 2. The number of carbonyl (C=O) groups excluding carboxylic acids is 1. The molecule has 3 nitrogen and oxygen atoms in total. The van der Waals surface area contributed by atoms with Gasteiger partial charge in [0.25, 0.3) is 0 Å². The number of phenols is 2. The van der Waals surface area contributed by atoms with Crippen molar-refractivity contribution < 1.29 is 15.0 Å². The average molecular weight is 168 g/mol. The lowest BCUT2D eigenvalue weighted by molar-refractivity contribution is -0.114. The van der Waals surface area contributed by atoms with Gasteiger partial charge in [-0.2, -0.15) is 0 Å². The summed E-state index contributed by atoms with van der Waals surface area (Å²) in [6.45, 7) is 3.06. The van der Waals surface area contributed by atoms with E-state index in [0.717, 1.165) is 0 Å². The lowest BCUT2D eigenvalue weighted by Gasteiger charge is -1.91. The van der Waals surface area contributed by atoms with Gasteiger partial charge in [0.15, 0.2) is 11.5 Å². The highest BCUT2D eigenvalue weighted by molar-refractivity contribution is 5.72. The third kappa shape index (κ3) is 5.29. The smallest absolute Gasteiger partial charge is 0.157 e. The molecule has 0 bridgehead atoms. The fraction of sp³-hybridized carbons (Fsp3) is 0.222. The van der Waals surface area contributed by atoms with Crippen LogP contribution in [0.3, 0.4) is 0 Å². The van der Waals surface area contributed by atoms with Crippen molar-refractivity contribution in [1.29, 1.82) is 0 Å². The van der Waals surface area contributed by atoms with Crippen LogP contribution in [0.25, 0.3) is 0 Å². The maximum absolute atomic E-state index is 9.44. The maximum atomic E-state index is 9.44. The Hall–Kier alpha value is -1.51. The number of carbonyl (C=O) groups is 1. The largest absolute Gasteiger partial charge is 0.504 e. The number of aromatic hydroxyl groups is 2. The number of hydrogen-bond acceptors (Lipinski definition) is 3. The minimum atomic E-state index is -0.0764. The first-order valence-corrected chi connectivity index (χ1v) is 3.48. The molecule has 0 unspecified atom stereocenters. The molecule has 0 aliphatic rings. The normalized spacial score (nSPS) is 8.17. The predicted molar refractivity (Wildman–Crippen MR) is 46.1 cm³/mol. The molecule has 0 aromatic heterocycles. The van der Waals surface area contributed by atoms with E-state index >= 15 is 0 Å². The molecule has 1 aromatic carbocycles. The molecule has 0 aliphatic carbocycles. The Balaban J connectivity index is 0.000000261. The fourth-order valence-electron chi connectivity index (χ4n) is 0.464. The molecule has 0 aliphatic heterocycles. The summed E-state index contributed by atoms with van der Waals surface area (Å²) in [4.78, 5) is 9.44. The summed E-state index contributed by atoms with van der Waals surface area (Å²) in [5, 5.41) is 17.3. The Bertz CT molecular complexity index is 231. The summed E-state index contributed by atoms with van der Waals surface area (Å²) in [6.07, 6.45) is 0. The van der Waals surface area contributed by atoms with Gasteiger partial charge >= 0.3 is 0 Å². The molecule has 1 aromatic rings. The van der Waals surface area contributed by atoms with Gasteiger partial charge in [-0.3, -0.25) is 0 Å². The highest BCUT2D eigenvalue weighted by Crippen LogP contribution is 2.21. The summed E-state index contributed by atoms with van der Waals surface area (Å²) in [5.74, 6) is 0.0139. The van der Waals surface area contributed by atoms with Crippen LogP contribution in [0.2, 0.25) is 0 Å². The van der Waals surface area contributed by atoms with Crippen LogP contribution < -0.4 is 0 Å². The van der Waals surface area contributed by atoms with Gasteiger partial charge in [-0.25, -0.2) is 0 Å². The minimum absolute atomic E-state index is 0.0764. The summed E-state index contributed by atoms with van der Waals surface area (Å²) < 4.78 is 0. The SMILES string of the molecule is CC(C)=O.Oc1ccccc1O. The van der Waals surface area contributed by atoms with Gasteiger partial charge < -0.3 is 15.0 Å². The van der Waals surface area contributed by atoms with Crippen LogP contribution in [0.15, 0.2) is 24.3 Å². The minimum Gasteiger partial charge on any atom is -0.504 e. The van der Waals surface area contributed by atoms with E-state index in [0.29, 0.717) is 0 Å². The first-order chi connectivity index (χ1) is 5.54. The van der Waals surface area contributed by atoms with Crippen molar-refractivity contribution in [2.75, 3.05) is 0 Å². The summed E-state index contributed by atoms with van der Waals surface area (Å²) in [6, 6.07) is 6.15. The van der Waals surface area contributed by atoms with E-state index in [1.54, 1.807) is 12.1 Å². The molecular formula is C9H12O3. The number of Topliss-reactive ketones (excluding diaryl/α,β-unsaturated/α-hetero) is 1. The lowest BCUT2D eigenvalue weighted by atomic mass is 10.3. The molecule has 12 heavy (non-hydrogen) atoms. The van der Waals surface area contributed by atoms with Gasteiger partial charge in [-0.05, 0) is 26.0 Å². The van der Waals surface area contributed by atoms with Crippen LogP contribution in [-0.2, 0) is 4.79 Å². The average Bonchev–Trinajstić information content (AvgIpc) is 1.94. The quantitative estimate of drug-likeness (QED) is 0.579. The molecule has 0 spiro atoms. The van der Waals surface area contributed by atoms with Gasteiger partial charge in [0.05, 0.1) is 0 Å². The van der Waals surface area contributed by atoms with E-state index < -0.39 is 0 Å². The molecule has 0 radical (unpaired) electrons. The molecule has 0 fully saturated rings. The molecule has 2 N–H and O–H groups in total. The van der Waals surface area contributed by atoms with Crippen molar-refractivity contribution in [3.63, 3.8) is 0 Å². The molecule has 3 heteroatoms. The van der Waals surface area contributed by atoms with Crippen LogP contribution in [-0.4, -0.2) is 16.0 Å². The standard InChI is InChI=1S/C6H6O2.C3H6O/c7-5-3-1-2-4-6(5)8;1-3(2)4/h1-4,7-8H;1-2H3. The molecule has 1 rings (SSSR count). The molecule has 0 saturated heterocycles. The van der Waals surface area contributed by atoms with Crippen LogP contribution in [0.5, 0.6) is 11.5 Å². The Morgan fingerprint density at radius 2 is 1.33 bits per heavy atom. The lowest BCUT2D eigenvalue weighted by Crippen LogP contribution is -1.69. The molecular weight excluding hydrogens is 156 g/mol. The van der Waals surface area contributed by atoms with E-state index in [2.05, 4.69) is 0 Å². The maximum Gasteiger partial charge on any atom is 0.157 e. The zero-order valence-electron chi connectivity index (χ0n) is 7.11. The van der Waals surface area contributed by atoms with Gasteiger partial charge in [-0.15, -0.1) is 0 Å². The van der Waals surface area contributed by atoms with E-state index in [1.165, 1.54) is 26.0 Å². The number of hydrogen-bond donors (Lipinski definition) is 2. The van der Waals surface area contributed by atoms with E-state index in [4.69, 9.17) is 10.2 Å². The Kier molecular flexibility index (Phi) is 4.53. The van der Waals surface area contributed by atoms with Crippen molar-refractivity contribution in [3.05, 3.63) is 24.3 Å². The van der Waals surface area contributed by atoms with Crippen molar-refractivity contribution in [1.82, 2.24) is 0 Å². The van der Waals surface area contributed by atoms with Crippen molar-refractivity contribution >= 4 is 5.78 Å². The molecule has 0 heterocycles. The van der Waals surface area contributed by atoms with E-state index in [9.17, 15) is 4.79 Å². The first-order valence-electron chi connectivity index (χ1n) is 3.48. The van der Waals surface area contributed by atoms with E-state index in [1.807, 2.05) is 0 Å². The third-order valence-electron chi connectivity index (χ3n) is 0.882. The molecule has 0 saturated carbocycles. The molecule has 0 amide bonds. The van der Waals surface area contributed by atoms with Crippen LogP contribution in [0.4, 0.5) is 0 Å². The first kappa shape index (κ1) is 10.5. The Labute approximate surface area is 71.3 Å². The monoisotopic (exact) mass is 168 g/mol. The Morgan fingerprint density at radius 1 is 1.08 bits per heavy atom. The van der Waals surface area contributed by atoms with Crippen molar-refractivity contribution in [2.45, 2.75) is 13.8 Å². The van der Waals surface area contributed by atoms with Gasteiger partial charge in [0.2, 0.25) is 0 Å². The van der Waals surface area contributed by atoms with E-state index in [-0.39, 0.29) is 17.3 Å². The third-order valence-corrected chi connectivity index (χ3v) is 0.882. The number of benzene rings is 1. The number of phenolic OH excluding ortho intramolecular Hbond substituents is 2. The summed E-state index contributed by atoms with van der Waals surface area (Å²) >= 11 is 0. The van der Waals surface area contributed by atoms with Crippen molar-refractivity contribution in [3.8, 4) is 11.5 Å². The zero-order chi connectivity index (χ0) is 9.56. The molecule has 66 valence electrons. The fourth-order valence-corrected chi connectivity index (χ4v) is 0.464. The van der Waals surface area contributed by atoms with Gasteiger partial charge in [0, 0.05) is 0 Å². The Morgan fingerprint density at radius 3 is 1.50 bits per heavy atom. The molecule has 0 atom stereocenters. The second-order valence-electron chi connectivity index (χ2n) is 2.40. The number of rotatable bonds is 0. The van der Waals surface area contributed by atoms with Crippen LogP contribution >= 0.6 is 0 Å². The van der Waals surface area contributed by atoms with Gasteiger partial charge in [0.1, 0.15) is 5.78 Å². The van der Waals surface area contributed by atoms with Crippen LogP contribution in [0.1, 0.15) is 13.8 Å². The zero-order valence-corrected chi connectivity index (χ0v) is 7.11. The van der Waals surface area contributed by atoms with Gasteiger partial charge in [-0.1, -0.05) is 12.1 Å². The highest BCUT2D eigenvalue weighted by atomic mass is 16.3. The summed E-state index contributed by atoms with van der Waals surface area (Å²) in [5.41, 5.74) is 0. The predicted octanol–water partition coefficient (Wildman–Crippen LogP) is 1.69. The van der Waals surface area contributed by atoms with Crippen LogP contribution in [0, 0.1) is 0 Å². The topological polar surface area (TPSA) is 57.5 Å². The highest BCUT2D eigenvalue weighted by Gasteiger charge is 1.90. The second kappa shape index (κ2) is 5.18. The number of ketones is 1. The summed E-state index contributed by atoms with van der Waals surface area (Å²) in [7, 11) is 0. The van der Waals surface area contributed by atoms with Crippen molar-refractivity contribution in [2.24, 2.45) is 0 Å².